The molecule has 7 nitrogen and oxygen atoms in total. The van der Waals surface area contributed by atoms with E-state index in [2.05, 4.69) is 9.97 Å². The summed E-state index contributed by atoms with van der Waals surface area (Å²) in [6.07, 6.45) is 1.66. The lowest BCUT2D eigenvalue weighted by Crippen LogP contribution is -2.17. The second-order valence-corrected chi connectivity index (χ2v) is 6.00. The Labute approximate surface area is 149 Å². The lowest BCUT2D eigenvalue weighted by atomic mass is 10.1. The first kappa shape index (κ1) is 16.0. The molecule has 0 bridgehead atoms. The number of methoxy groups -OCH3 is 2. The highest BCUT2D eigenvalue weighted by atomic mass is 16.5. The minimum atomic E-state index is -0.194. The summed E-state index contributed by atoms with van der Waals surface area (Å²) in [5.74, 6) is 1.18. The maximum atomic E-state index is 12.5. The predicted octanol–water partition coefficient (Wildman–Crippen LogP) is 2.53. The molecule has 0 aliphatic rings. The standard InChI is InChI=1S/C19H18N4O3/c1-25-16-7-13-14(8-17(16)26-2)21-9-15-18(13)23(19(24)22-15)10-11-3-5-12(20)6-4-11/h3-9H,10,20H2,1-2H3,(H,22,24). The van der Waals surface area contributed by atoms with Crippen molar-refractivity contribution in [2.24, 2.45) is 0 Å². The second-order valence-electron chi connectivity index (χ2n) is 6.00. The molecule has 0 aliphatic heterocycles. The Hall–Kier alpha value is -3.48. The van der Waals surface area contributed by atoms with Crippen LogP contribution in [0.3, 0.4) is 0 Å². The Morgan fingerprint density at radius 2 is 1.81 bits per heavy atom. The van der Waals surface area contributed by atoms with Crippen LogP contribution < -0.4 is 20.9 Å². The van der Waals surface area contributed by atoms with Crippen molar-refractivity contribution in [1.82, 2.24) is 14.5 Å². The molecule has 132 valence electrons. The van der Waals surface area contributed by atoms with Crippen LogP contribution in [-0.4, -0.2) is 28.8 Å². The molecule has 0 atom stereocenters. The molecule has 0 spiro atoms. The molecule has 4 rings (SSSR count). The van der Waals surface area contributed by atoms with Crippen molar-refractivity contribution in [3.8, 4) is 11.5 Å². The number of anilines is 1. The average molecular weight is 350 g/mol. The molecule has 0 radical (unpaired) electrons. The fraction of sp³-hybridized carbons (Fsp3) is 0.158. The highest BCUT2D eigenvalue weighted by molar-refractivity contribution is 6.03. The van der Waals surface area contributed by atoms with E-state index in [1.54, 1.807) is 31.0 Å². The predicted molar refractivity (Wildman–Crippen MR) is 101 cm³/mol. The van der Waals surface area contributed by atoms with E-state index < -0.39 is 0 Å². The summed E-state index contributed by atoms with van der Waals surface area (Å²) in [7, 11) is 3.16. The fourth-order valence-corrected chi connectivity index (χ4v) is 3.13. The molecule has 3 N–H and O–H groups in total. The van der Waals surface area contributed by atoms with Crippen LogP contribution in [0.1, 0.15) is 5.56 Å². The fourth-order valence-electron chi connectivity index (χ4n) is 3.13. The van der Waals surface area contributed by atoms with Gasteiger partial charge in [-0.15, -0.1) is 0 Å². The molecular formula is C19H18N4O3. The SMILES string of the molecule is COc1cc2ncc3[nH]c(=O)n(Cc4ccc(N)cc4)c3c2cc1OC. The topological polar surface area (TPSA) is 95.2 Å². The number of hydrogen-bond acceptors (Lipinski definition) is 5. The van der Waals surface area contributed by atoms with Crippen molar-refractivity contribution in [2.45, 2.75) is 6.54 Å². The Bertz CT molecular complexity index is 1160. The molecule has 0 amide bonds. The number of imidazole rings is 1. The number of nitrogen functional groups attached to an aromatic ring is 1. The number of fused-ring (bicyclic) bond motifs is 3. The summed E-state index contributed by atoms with van der Waals surface area (Å²) in [6.45, 7) is 0.423. The normalized spacial score (nSPS) is 11.2. The average Bonchev–Trinajstić information content (AvgIpc) is 2.98. The number of pyridine rings is 1. The molecule has 0 unspecified atom stereocenters. The summed E-state index contributed by atoms with van der Waals surface area (Å²) in [4.78, 5) is 19.8. The molecule has 0 aliphatic carbocycles. The van der Waals surface area contributed by atoms with E-state index in [1.165, 1.54) is 0 Å². The van der Waals surface area contributed by atoms with E-state index in [4.69, 9.17) is 15.2 Å². The van der Waals surface area contributed by atoms with Crippen LogP contribution in [0.15, 0.2) is 47.4 Å². The zero-order valence-electron chi connectivity index (χ0n) is 14.4. The van der Waals surface area contributed by atoms with E-state index >= 15 is 0 Å². The third-order valence-corrected chi connectivity index (χ3v) is 4.42. The molecule has 0 fully saturated rings. The second kappa shape index (κ2) is 6.11. The maximum absolute atomic E-state index is 12.5. The quantitative estimate of drug-likeness (QED) is 0.552. The maximum Gasteiger partial charge on any atom is 0.326 e. The molecule has 26 heavy (non-hydrogen) atoms. The minimum Gasteiger partial charge on any atom is -0.493 e. The van der Waals surface area contributed by atoms with Crippen molar-refractivity contribution in [3.63, 3.8) is 0 Å². The lowest BCUT2D eigenvalue weighted by Gasteiger charge is -2.11. The number of nitrogens with two attached hydrogens (primary N) is 1. The van der Waals surface area contributed by atoms with Crippen LogP contribution in [0.4, 0.5) is 5.69 Å². The van der Waals surface area contributed by atoms with Gasteiger partial charge in [-0.05, 0) is 23.8 Å². The summed E-state index contributed by atoms with van der Waals surface area (Å²) < 4.78 is 12.4. The summed E-state index contributed by atoms with van der Waals surface area (Å²) in [5.41, 5.74) is 9.39. The van der Waals surface area contributed by atoms with Gasteiger partial charge in [-0.1, -0.05) is 12.1 Å². The van der Waals surface area contributed by atoms with Gasteiger partial charge in [0.05, 0.1) is 43.5 Å². The van der Waals surface area contributed by atoms with Gasteiger partial charge in [0.25, 0.3) is 0 Å². The summed E-state index contributed by atoms with van der Waals surface area (Å²) in [6, 6.07) is 11.1. The van der Waals surface area contributed by atoms with Gasteiger partial charge in [0, 0.05) is 17.1 Å². The monoisotopic (exact) mass is 350 g/mol. The number of aromatic amines is 1. The van der Waals surface area contributed by atoms with Gasteiger partial charge in [0.15, 0.2) is 11.5 Å². The highest BCUT2D eigenvalue weighted by Crippen LogP contribution is 2.34. The van der Waals surface area contributed by atoms with Crippen LogP contribution in [-0.2, 0) is 6.54 Å². The number of rotatable bonds is 4. The minimum absolute atomic E-state index is 0.194. The molecule has 2 aromatic carbocycles. The first-order valence-corrected chi connectivity index (χ1v) is 8.08. The molecule has 4 aromatic rings. The Balaban J connectivity index is 1.97. The van der Waals surface area contributed by atoms with Crippen LogP contribution >= 0.6 is 0 Å². The lowest BCUT2D eigenvalue weighted by molar-refractivity contribution is 0.356. The van der Waals surface area contributed by atoms with Gasteiger partial charge in [0.2, 0.25) is 0 Å². The third kappa shape index (κ3) is 2.54. The largest absolute Gasteiger partial charge is 0.493 e. The molecule has 2 heterocycles. The zero-order valence-corrected chi connectivity index (χ0v) is 14.4. The van der Waals surface area contributed by atoms with Gasteiger partial charge in [-0.2, -0.15) is 0 Å². The molecule has 0 saturated heterocycles. The number of nitrogens with one attached hydrogen (secondary N) is 1. The van der Waals surface area contributed by atoms with Gasteiger partial charge < -0.3 is 20.2 Å². The number of ether oxygens (including phenoxy) is 2. The highest BCUT2D eigenvalue weighted by Gasteiger charge is 2.15. The van der Waals surface area contributed by atoms with Crippen LogP contribution in [0.5, 0.6) is 11.5 Å². The van der Waals surface area contributed by atoms with E-state index in [9.17, 15) is 4.79 Å². The Morgan fingerprint density at radius 1 is 1.12 bits per heavy atom. The third-order valence-electron chi connectivity index (χ3n) is 4.42. The molecule has 0 saturated carbocycles. The number of hydrogen-bond donors (Lipinski definition) is 2. The van der Waals surface area contributed by atoms with E-state index in [0.717, 1.165) is 22.0 Å². The Kier molecular flexibility index (Phi) is 3.76. The van der Waals surface area contributed by atoms with E-state index in [0.29, 0.717) is 29.2 Å². The number of benzene rings is 2. The van der Waals surface area contributed by atoms with E-state index in [1.807, 2.05) is 30.3 Å². The van der Waals surface area contributed by atoms with Crippen LogP contribution in [0.25, 0.3) is 21.9 Å². The van der Waals surface area contributed by atoms with Gasteiger partial charge in [-0.3, -0.25) is 9.55 Å². The first-order chi connectivity index (χ1) is 12.6. The number of H-pyrrole nitrogens is 1. The van der Waals surface area contributed by atoms with Gasteiger partial charge >= 0.3 is 5.69 Å². The smallest absolute Gasteiger partial charge is 0.326 e. The van der Waals surface area contributed by atoms with Gasteiger partial charge in [0.1, 0.15) is 0 Å². The Morgan fingerprint density at radius 3 is 2.50 bits per heavy atom. The van der Waals surface area contributed by atoms with Crippen LogP contribution in [0.2, 0.25) is 0 Å². The zero-order chi connectivity index (χ0) is 18.3. The first-order valence-electron chi connectivity index (χ1n) is 8.08. The molecule has 2 aromatic heterocycles. The van der Waals surface area contributed by atoms with Crippen molar-refractivity contribution >= 4 is 27.6 Å². The molecule has 7 heteroatoms. The number of nitrogens with zero attached hydrogens (tertiary/aromatic N) is 2. The van der Waals surface area contributed by atoms with E-state index in [-0.39, 0.29) is 5.69 Å². The van der Waals surface area contributed by atoms with Crippen molar-refractivity contribution in [2.75, 3.05) is 20.0 Å². The van der Waals surface area contributed by atoms with Gasteiger partial charge in [-0.25, -0.2) is 4.79 Å². The van der Waals surface area contributed by atoms with Crippen molar-refractivity contribution in [3.05, 3.63) is 58.6 Å². The number of aromatic nitrogens is 3. The summed E-state index contributed by atoms with van der Waals surface area (Å²) >= 11 is 0. The van der Waals surface area contributed by atoms with Crippen LogP contribution in [0, 0.1) is 0 Å². The molecular weight excluding hydrogens is 332 g/mol. The summed E-state index contributed by atoms with van der Waals surface area (Å²) in [5, 5.41) is 0.814. The van der Waals surface area contributed by atoms with Crippen molar-refractivity contribution in [1.29, 1.82) is 0 Å². The van der Waals surface area contributed by atoms with Crippen molar-refractivity contribution < 1.29 is 9.47 Å².